The van der Waals surface area contributed by atoms with E-state index in [9.17, 15) is 14.4 Å². The number of aryl methyl sites for hydroxylation is 2. The minimum absolute atomic E-state index is 0.166. The standard InChI is InChI=1S/C21H21N5O3/c1-3-14-8-10-15(11-9-14)26-20(28)18-19(21(26)29)25(24-23-18)12-17(27)22-16-7-5-4-6-13(16)2/h4-11,18-19H,3,12H2,1-2H3,(H,22,27)/t18-,19-/m0/s1. The average Bonchev–Trinajstić information content (AvgIpc) is 3.23. The second-order valence-electron chi connectivity index (χ2n) is 7.09. The summed E-state index contributed by atoms with van der Waals surface area (Å²) in [6, 6.07) is 12.9. The zero-order valence-corrected chi connectivity index (χ0v) is 16.2. The molecule has 148 valence electrons. The summed E-state index contributed by atoms with van der Waals surface area (Å²) in [7, 11) is 0. The van der Waals surface area contributed by atoms with Crippen LogP contribution in [0, 0.1) is 6.92 Å². The summed E-state index contributed by atoms with van der Waals surface area (Å²) >= 11 is 0. The Kier molecular flexibility index (Phi) is 4.84. The van der Waals surface area contributed by atoms with Crippen molar-refractivity contribution in [3.63, 3.8) is 0 Å². The van der Waals surface area contributed by atoms with Gasteiger partial charge in [0.15, 0.2) is 12.1 Å². The third kappa shape index (κ3) is 3.37. The molecule has 0 bridgehead atoms. The van der Waals surface area contributed by atoms with Crippen LogP contribution in [0.25, 0.3) is 0 Å². The zero-order chi connectivity index (χ0) is 20.5. The van der Waals surface area contributed by atoms with Gasteiger partial charge in [0.1, 0.15) is 6.54 Å². The van der Waals surface area contributed by atoms with Crippen molar-refractivity contribution in [1.29, 1.82) is 0 Å². The van der Waals surface area contributed by atoms with E-state index in [4.69, 9.17) is 0 Å². The Morgan fingerprint density at radius 1 is 1.07 bits per heavy atom. The number of carbonyl (C=O) groups excluding carboxylic acids is 3. The van der Waals surface area contributed by atoms with Gasteiger partial charge in [-0.1, -0.05) is 42.5 Å². The van der Waals surface area contributed by atoms with Crippen LogP contribution >= 0.6 is 0 Å². The predicted molar refractivity (Wildman–Crippen MR) is 107 cm³/mol. The van der Waals surface area contributed by atoms with Crippen molar-refractivity contribution in [3.8, 4) is 0 Å². The Hall–Kier alpha value is -3.55. The van der Waals surface area contributed by atoms with Crippen LogP contribution < -0.4 is 10.2 Å². The number of fused-ring (bicyclic) bond motifs is 1. The molecule has 2 atom stereocenters. The molecule has 2 aromatic rings. The number of carbonyl (C=O) groups is 3. The lowest BCUT2D eigenvalue weighted by Gasteiger charge is -2.20. The molecule has 0 unspecified atom stereocenters. The molecule has 29 heavy (non-hydrogen) atoms. The molecule has 1 saturated heterocycles. The number of hydrogen-bond donors (Lipinski definition) is 1. The Balaban J connectivity index is 1.49. The molecule has 0 radical (unpaired) electrons. The normalized spacial score (nSPS) is 20.3. The molecule has 8 heteroatoms. The average molecular weight is 391 g/mol. The number of amides is 3. The first kappa shape index (κ1) is 18.8. The first-order valence-electron chi connectivity index (χ1n) is 9.49. The highest BCUT2D eigenvalue weighted by Crippen LogP contribution is 2.32. The second kappa shape index (κ2) is 7.46. The van der Waals surface area contributed by atoms with Gasteiger partial charge >= 0.3 is 0 Å². The Morgan fingerprint density at radius 3 is 2.48 bits per heavy atom. The Labute approximate surface area is 168 Å². The summed E-state index contributed by atoms with van der Waals surface area (Å²) < 4.78 is 0. The van der Waals surface area contributed by atoms with Gasteiger partial charge < -0.3 is 5.32 Å². The van der Waals surface area contributed by atoms with Gasteiger partial charge in [-0.25, -0.2) is 4.90 Å². The first-order chi connectivity index (χ1) is 14.0. The topological polar surface area (TPSA) is 94.4 Å². The largest absolute Gasteiger partial charge is 0.324 e. The zero-order valence-electron chi connectivity index (χ0n) is 16.2. The van der Waals surface area contributed by atoms with E-state index in [0.717, 1.165) is 22.4 Å². The van der Waals surface area contributed by atoms with Gasteiger partial charge in [0.2, 0.25) is 5.91 Å². The number of hydrogen-bond acceptors (Lipinski definition) is 6. The van der Waals surface area contributed by atoms with Crippen LogP contribution in [-0.2, 0) is 20.8 Å². The minimum Gasteiger partial charge on any atom is -0.324 e. The number of imide groups is 1. The van der Waals surface area contributed by atoms with Crippen LogP contribution in [0.15, 0.2) is 58.9 Å². The summed E-state index contributed by atoms with van der Waals surface area (Å²) in [4.78, 5) is 39.3. The van der Waals surface area contributed by atoms with Gasteiger partial charge in [0.25, 0.3) is 11.8 Å². The number of anilines is 2. The molecule has 0 aromatic heterocycles. The lowest BCUT2D eigenvalue weighted by Crippen LogP contribution is -2.43. The lowest BCUT2D eigenvalue weighted by atomic mass is 10.1. The maximum absolute atomic E-state index is 13.0. The van der Waals surface area contributed by atoms with Crippen molar-refractivity contribution in [2.45, 2.75) is 32.4 Å². The van der Waals surface area contributed by atoms with Crippen molar-refractivity contribution < 1.29 is 14.4 Å². The Morgan fingerprint density at radius 2 is 1.79 bits per heavy atom. The molecule has 3 amide bonds. The molecule has 2 heterocycles. The molecule has 8 nitrogen and oxygen atoms in total. The highest BCUT2D eigenvalue weighted by Gasteiger charge is 2.55. The fraction of sp³-hybridized carbons (Fsp3) is 0.286. The summed E-state index contributed by atoms with van der Waals surface area (Å²) in [5.41, 5.74) is 3.24. The molecule has 0 aliphatic carbocycles. The van der Waals surface area contributed by atoms with Crippen LogP contribution in [-0.4, -0.2) is 41.4 Å². The predicted octanol–water partition coefficient (Wildman–Crippen LogP) is 2.49. The van der Waals surface area contributed by atoms with E-state index in [1.165, 1.54) is 5.01 Å². The van der Waals surface area contributed by atoms with Gasteiger partial charge in [-0.3, -0.25) is 19.4 Å². The molecular formula is C21H21N5O3. The van der Waals surface area contributed by atoms with E-state index in [2.05, 4.69) is 15.7 Å². The van der Waals surface area contributed by atoms with E-state index in [1.807, 2.05) is 44.2 Å². The van der Waals surface area contributed by atoms with E-state index in [1.54, 1.807) is 18.2 Å². The number of para-hydroxylation sites is 1. The fourth-order valence-electron chi connectivity index (χ4n) is 3.54. The van der Waals surface area contributed by atoms with Crippen LogP contribution in [0.1, 0.15) is 18.1 Å². The van der Waals surface area contributed by atoms with E-state index >= 15 is 0 Å². The Bertz CT molecular complexity index is 1000. The quantitative estimate of drug-likeness (QED) is 0.793. The van der Waals surface area contributed by atoms with E-state index in [0.29, 0.717) is 11.4 Å². The molecule has 2 aliphatic rings. The van der Waals surface area contributed by atoms with Crippen LogP contribution in [0.3, 0.4) is 0 Å². The lowest BCUT2D eigenvalue weighted by molar-refractivity contribution is -0.123. The highest BCUT2D eigenvalue weighted by molar-refractivity contribution is 6.25. The molecule has 1 fully saturated rings. The summed E-state index contributed by atoms with van der Waals surface area (Å²) in [5.74, 6) is -1.17. The van der Waals surface area contributed by atoms with Gasteiger partial charge in [-0.15, -0.1) is 0 Å². The number of nitrogens with one attached hydrogen (secondary N) is 1. The number of benzene rings is 2. The van der Waals surface area contributed by atoms with Crippen molar-refractivity contribution in [2.24, 2.45) is 10.3 Å². The summed E-state index contributed by atoms with van der Waals surface area (Å²) in [5, 5.41) is 12.0. The second-order valence-corrected chi connectivity index (χ2v) is 7.09. The molecule has 2 aliphatic heterocycles. The van der Waals surface area contributed by atoms with Crippen LogP contribution in [0.4, 0.5) is 11.4 Å². The minimum atomic E-state index is -0.917. The summed E-state index contributed by atoms with van der Waals surface area (Å²) in [6.07, 6.45) is 0.866. The smallest absolute Gasteiger partial charge is 0.263 e. The van der Waals surface area contributed by atoms with Gasteiger partial charge in [0.05, 0.1) is 5.69 Å². The maximum atomic E-state index is 13.0. The van der Waals surface area contributed by atoms with Gasteiger partial charge in [0, 0.05) is 5.69 Å². The van der Waals surface area contributed by atoms with Gasteiger partial charge in [-0.05, 0) is 42.7 Å². The van der Waals surface area contributed by atoms with Crippen LogP contribution in [0.5, 0.6) is 0 Å². The number of nitrogens with zero attached hydrogens (tertiary/aromatic N) is 4. The molecular weight excluding hydrogens is 370 g/mol. The van der Waals surface area contributed by atoms with E-state index < -0.39 is 23.9 Å². The maximum Gasteiger partial charge on any atom is 0.263 e. The number of rotatable bonds is 5. The molecule has 1 N–H and O–H groups in total. The highest BCUT2D eigenvalue weighted by atomic mass is 16.2. The first-order valence-corrected chi connectivity index (χ1v) is 9.49. The SMILES string of the molecule is CCc1ccc(N2C(=O)[C@H]3N=NN(CC(=O)Nc4ccccc4C)[C@@H]3C2=O)cc1. The third-order valence-corrected chi connectivity index (χ3v) is 5.19. The summed E-state index contributed by atoms with van der Waals surface area (Å²) in [6.45, 7) is 3.76. The molecule has 0 spiro atoms. The van der Waals surface area contributed by atoms with Crippen molar-refractivity contribution >= 4 is 29.1 Å². The monoisotopic (exact) mass is 391 g/mol. The molecule has 2 aromatic carbocycles. The molecule has 4 rings (SSSR count). The van der Waals surface area contributed by atoms with Crippen molar-refractivity contribution in [1.82, 2.24) is 5.01 Å². The van der Waals surface area contributed by atoms with E-state index in [-0.39, 0.29) is 12.5 Å². The fourth-order valence-corrected chi connectivity index (χ4v) is 3.54. The van der Waals surface area contributed by atoms with Crippen molar-refractivity contribution in [2.75, 3.05) is 16.8 Å². The third-order valence-electron chi connectivity index (χ3n) is 5.19. The van der Waals surface area contributed by atoms with Gasteiger partial charge in [-0.2, -0.15) is 5.11 Å². The van der Waals surface area contributed by atoms with Crippen LogP contribution in [0.2, 0.25) is 0 Å². The molecule has 0 saturated carbocycles. The van der Waals surface area contributed by atoms with Crippen molar-refractivity contribution in [3.05, 3.63) is 59.7 Å².